The molecule has 0 bridgehead atoms. The fourth-order valence-electron chi connectivity index (χ4n) is 2.19. The van der Waals surface area contributed by atoms with Gasteiger partial charge in [0, 0.05) is 19.2 Å². The topological polar surface area (TPSA) is 20.3 Å². The Bertz CT molecular complexity index is 396. The molecule has 1 aliphatic rings. The van der Waals surface area contributed by atoms with Crippen molar-refractivity contribution in [3.05, 3.63) is 34.9 Å². The summed E-state index contributed by atoms with van der Waals surface area (Å²) < 4.78 is 0. The van der Waals surface area contributed by atoms with Gasteiger partial charge in [-0.1, -0.05) is 32.0 Å². The molecule has 1 aromatic carbocycles. The SMILES string of the molecule is CC(C)Cc1cccc2c1C(=O)N(C)C2. The summed E-state index contributed by atoms with van der Waals surface area (Å²) in [5.74, 6) is 0.774. The number of carbonyl (C=O) groups is 1. The third-order valence-corrected chi connectivity index (χ3v) is 2.83. The second-order valence-electron chi connectivity index (χ2n) is 4.71. The largest absolute Gasteiger partial charge is 0.337 e. The van der Waals surface area contributed by atoms with E-state index in [9.17, 15) is 4.79 Å². The van der Waals surface area contributed by atoms with E-state index in [1.54, 1.807) is 4.90 Å². The first-order valence-corrected chi connectivity index (χ1v) is 5.46. The fraction of sp³-hybridized carbons (Fsp3) is 0.462. The Morgan fingerprint density at radius 1 is 1.40 bits per heavy atom. The van der Waals surface area contributed by atoms with Crippen LogP contribution < -0.4 is 0 Å². The van der Waals surface area contributed by atoms with Gasteiger partial charge in [-0.3, -0.25) is 4.79 Å². The molecule has 1 aromatic rings. The highest BCUT2D eigenvalue weighted by Gasteiger charge is 2.26. The van der Waals surface area contributed by atoms with Crippen molar-refractivity contribution in [3.8, 4) is 0 Å². The molecule has 80 valence electrons. The lowest BCUT2D eigenvalue weighted by Gasteiger charge is -2.09. The molecule has 2 nitrogen and oxygen atoms in total. The molecule has 1 amide bonds. The maximum atomic E-state index is 11.9. The summed E-state index contributed by atoms with van der Waals surface area (Å²) in [4.78, 5) is 13.7. The number of benzene rings is 1. The van der Waals surface area contributed by atoms with Gasteiger partial charge in [-0.25, -0.2) is 0 Å². The Morgan fingerprint density at radius 3 is 2.80 bits per heavy atom. The number of nitrogens with zero attached hydrogens (tertiary/aromatic N) is 1. The zero-order chi connectivity index (χ0) is 11.0. The first-order valence-electron chi connectivity index (χ1n) is 5.46. The lowest BCUT2D eigenvalue weighted by Crippen LogP contribution is -2.18. The van der Waals surface area contributed by atoms with Crippen LogP contribution in [0.3, 0.4) is 0 Å². The molecular formula is C13H17NO. The highest BCUT2D eigenvalue weighted by molar-refractivity contribution is 5.99. The molecule has 1 aliphatic heterocycles. The molecule has 2 heteroatoms. The first kappa shape index (κ1) is 10.2. The zero-order valence-electron chi connectivity index (χ0n) is 9.58. The molecule has 0 saturated heterocycles. The normalized spacial score (nSPS) is 14.9. The standard InChI is InChI=1S/C13H17NO/c1-9(2)7-10-5-4-6-11-8-14(3)13(15)12(10)11/h4-6,9H,7-8H2,1-3H3. The molecule has 1 heterocycles. The van der Waals surface area contributed by atoms with Gasteiger partial charge in [0.1, 0.15) is 0 Å². The second-order valence-corrected chi connectivity index (χ2v) is 4.71. The summed E-state index contributed by atoms with van der Waals surface area (Å²) in [6, 6.07) is 6.19. The molecule has 15 heavy (non-hydrogen) atoms. The van der Waals surface area contributed by atoms with E-state index in [1.807, 2.05) is 7.05 Å². The van der Waals surface area contributed by atoms with Crippen LogP contribution in [0.25, 0.3) is 0 Å². The van der Waals surface area contributed by atoms with Crippen molar-refractivity contribution < 1.29 is 4.79 Å². The van der Waals surface area contributed by atoms with Gasteiger partial charge in [0.25, 0.3) is 5.91 Å². The Balaban J connectivity index is 2.43. The lowest BCUT2D eigenvalue weighted by molar-refractivity contribution is 0.0815. The van der Waals surface area contributed by atoms with Gasteiger partial charge in [0.05, 0.1) is 0 Å². The van der Waals surface area contributed by atoms with E-state index in [4.69, 9.17) is 0 Å². The molecule has 0 N–H and O–H groups in total. The first-order chi connectivity index (χ1) is 7.09. The van der Waals surface area contributed by atoms with Crippen LogP contribution in [0.15, 0.2) is 18.2 Å². The smallest absolute Gasteiger partial charge is 0.254 e. The predicted octanol–water partition coefficient (Wildman–Crippen LogP) is 2.47. The van der Waals surface area contributed by atoms with E-state index in [2.05, 4.69) is 32.0 Å². The molecule has 0 atom stereocenters. The van der Waals surface area contributed by atoms with E-state index in [0.29, 0.717) is 5.92 Å². The Hall–Kier alpha value is -1.31. The highest BCUT2D eigenvalue weighted by Crippen LogP contribution is 2.26. The number of hydrogen-bond donors (Lipinski definition) is 0. The van der Waals surface area contributed by atoms with Gasteiger partial charge in [0.2, 0.25) is 0 Å². The quantitative estimate of drug-likeness (QED) is 0.723. The maximum Gasteiger partial charge on any atom is 0.254 e. The number of hydrogen-bond acceptors (Lipinski definition) is 1. The molecule has 0 fully saturated rings. The average molecular weight is 203 g/mol. The average Bonchev–Trinajstić information content (AvgIpc) is 2.43. The minimum atomic E-state index is 0.182. The monoisotopic (exact) mass is 203 g/mol. The summed E-state index contributed by atoms with van der Waals surface area (Å²) >= 11 is 0. The van der Waals surface area contributed by atoms with E-state index >= 15 is 0 Å². The summed E-state index contributed by atoms with van der Waals surface area (Å²) in [6.07, 6.45) is 0.989. The highest BCUT2D eigenvalue weighted by atomic mass is 16.2. The van der Waals surface area contributed by atoms with E-state index in [1.165, 1.54) is 11.1 Å². The number of amides is 1. The van der Waals surface area contributed by atoms with E-state index < -0.39 is 0 Å². The van der Waals surface area contributed by atoms with Crippen LogP contribution in [0, 0.1) is 5.92 Å². The number of carbonyl (C=O) groups excluding carboxylic acids is 1. The molecule has 0 aliphatic carbocycles. The van der Waals surface area contributed by atoms with Crippen LogP contribution in [0.2, 0.25) is 0 Å². The predicted molar refractivity (Wildman–Crippen MR) is 60.8 cm³/mol. The Kier molecular flexibility index (Phi) is 2.51. The molecule has 0 radical (unpaired) electrons. The fourth-order valence-corrected chi connectivity index (χ4v) is 2.19. The third kappa shape index (κ3) is 1.76. The van der Waals surface area contributed by atoms with Crippen molar-refractivity contribution in [3.63, 3.8) is 0 Å². The summed E-state index contributed by atoms with van der Waals surface area (Å²) in [5.41, 5.74) is 3.34. The van der Waals surface area contributed by atoms with Crippen molar-refractivity contribution in [1.29, 1.82) is 0 Å². The Morgan fingerprint density at radius 2 is 2.13 bits per heavy atom. The van der Waals surface area contributed by atoms with Crippen molar-refractivity contribution in [2.75, 3.05) is 7.05 Å². The molecule has 0 unspecified atom stereocenters. The van der Waals surface area contributed by atoms with Gasteiger partial charge in [-0.15, -0.1) is 0 Å². The van der Waals surface area contributed by atoms with E-state index in [-0.39, 0.29) is 5.91 Å². The van der Waals surface area contributed by atoms with Gasteiger partial charge in [-0.2, -0.15) is 0 Å². The van der Waals surface area contributed by atoms with Crippen LogP contribution in [-0.4, -0.2) is 17.9 Å². The van der Waals surface area contributed by atoms with Gasteiger partial charge >= 0.3 is 0 Å². The molecule has 0 aromatic heterocycles. The minimum absolute atomic E-state index is 0.182. The number of fused-ring (bicyclic) bond motifs is 1. The van der Waals surface area contributed by atoms with Crippen molar-refractivity contribution in [2.45, 2.75) is 26.8 Å². The van der Waals surface area contributed by atoms with Crippen LogP contribution in [-0.2, 0) is 13.0 Å². The van der Waals surface area contributed by atoms with Gasteiger partial charge in [0.15, 0.2) is 0 Å². The van der Waals surface area contributed by atoms with Crippen molar-refractivity contribution >= 4 is 5.91 Å². The summed E-state index contributed by atoms with van der Waals surface area (Å²) in [6.45, 7) is 5.13. The lowest BCUT2D eigenvalue weighted by atomic mass is 9.96. The third-order valence-electron chi connectivity index (χ3n) is 2.83. The van der Waals surface area contributed by atoms with Gasteiger partial charge in [-0.05, 0) is 23.5 Å². The molecule has 2 rings (SSSR count). The maximum absolute atomic E-state index is 11.9. The van der Waals surface area contributed by atoms with E-state index in [0.717, 1.165) is 18.5 Å². The summed E-state index contributed by atoms with van der Waals surface area (Å²) in [5, 5.41) is 0. The Labute approximate surface area is 90.9 Å². The van der Waals surface area contributed by atoms with Crippen LogP contribution in [0.4, 0.5) is 0 Å². The second kappa shape index (κ2) is 3.69. The van der Waals surface area contributed by atoms with Crippen LogP contribution in [0.5, 0.6) is 0 Å². The molecule has 0 spiro atoms. The van der Waals surface area contributed by atoms with Crippen LogP contribution >= 0.6 is 0 Å². The minimum Gasteiger partial charge on any atom is -0.337 e. The molecular weight excluding hydrogens is 186 g/mol. The van der Waals surface area contributed by atoms with Crippen molar-refractivity contribution in [2.24, 2.45) is 5.92 Å². The zero-order valence-corrected chi connectivity index (χ0v) is 9.58. The van der Waals surface area contributed by atoms with Crippen LogP contribution in [0.1, 0.15) is 35.3 Å². The molecule has 0 saturated carbocycles. The van der Waals surface area contributed by atoms with Gasteiger partial charge < -0.3 is 4.90 Å². The summed E-state index contributed by atoms with van der Waals surface area (Å²) in [7, 11) is 1.86. The van der Waals surface area contributed by atoms with Crippen molar-refractivity contribution in [1.82, 2.24) is 4.90 Å². The number of rotatable bonds is 2.